The van der Waals surface area contributed by atoms with E-state index in [0.29, 0.717) is 30.2 Å². The minimum Gasteiger partial charge on any atom is -0.380 e. The van der Waals surface area contributed by atoms with E-state index in [-0.39, 0.29) is 5.82 Å². The van der Waals surface area contributed by atoms with Gasteiger partial charge in [0.05, 0.1) is 11.9 Å². The second-order valence-corrected chi connectivity index (χ2v) is 8.22. The molecule has 1 aliphatic heterocycles. The Morgan fingerprint density at radius 2 is 1.97 bits per heavy atom. The molecule has 0 spiro atoms. The lowest BCUT2D eigenvalue weighted by atomic mass is 10.0. The van der Waals surface area contributed by atoms with Crippen LogP contribution < -0.4 is 4.90 Å². The number of aliphatic hydroxyl groups is 1. The summed E-state index contributed by atoms with van der Waals surface area (Å²) in [7, 11) is 1.83. The molecule has 166 valence electrons. The van der Waals surface area contributed by atoms with Gasteiger partial charge < -0.3 is 14.6 Å². The van der Waals surface area contributed by atoms with Gasteiger partial charge in [-0.2, -0.15) is 5.10 Å². The van der Waals surface area contributed by atoms with Crippen molar-refractivity contribution in [3.63, 3.8) is 0 Å². The summed E-state index contributed by atoms with van der Waals surface area (Å²) in [5, 5.41) is 15.4. The van der Waals surface area contributed by atoms with Crippen LogP contribution in [0.4, 0.5) is 10.1 Å². The summed E-state index contributed by atoms with van der Waals surface area (Å²) in [5.41, 5.74) is 3.50. The number of anilines is 1. The van der Waals surface area contributed by atoms with Crippen molar-refractivity contribution in [3.05, 3.63) is 65.3 Å². The summed E-state index contributed by atoms with van der Waals surface area (Å²) < 4.78 is 18.7. The fourth-order valence-electron chi connectivity index (χ4n) is 4.31. The molecule has 0 saturated carbocycles. The summed E-state index contributed by atoms with van der Waals surface area (Å²) in [4.78, 5) is 8.67. The van der Waals surface area contributed by atoms with Crippen LogP contribution in [-0.2, 0) is 20.1 Å². The highest BCUT2D eigenvalue weighted by atomic mass is 19.1. The number of nitrogens with zero attached hydrogens (tertiary/aromatic N) is 6. The number of halogens is 1. The third-order valence-electron chi connectivity index (χ3n) is 6.14. The molecule has 0 aliphatic carbocycles. The van der Waals surface area contributed by atoms with Crippen LogP contribution in [0.15, 0.2) is 36.8 Å². The lowest BCUT2D eigenvalue weighted by molar-refractivity contribution is 0.205. The second-order valence-electron chi connectivity index (χ2n) is 8.22. The SMILES string of the molecule is CCCn1ncc(CN2CCN(c3c(F)cccc3[C@H](O)c3nccn3C)CC2)c1C. The first-order chi connectivity index (χ1) is 15.0. The molecule has 8 heteroatoms. The fraction of sp³-hybridized carbons (Fsp3) is 0.478. The second kappa shape index (κ2) is 9.20. The van der Waals surface area contributed by atoms with E-state index >= 15 is 0 Å². The van der Waals surface area contributed by atoms with Crippen molar-refractivity contribution in [1.29, 1.82) is 0 Å². The summed E-state index contributed by atoms with van der Waals surface area (Å²) >= 11 is 0. The number of aromatic nitrogens is 4. The van der Waals surface area contributed by atoms with Crippen molar-refractivity contribution >= 4 is 5.69 Å². The van der Waals surface area contributed by atoms with Crippen LogP contribution in [0.1, 0.15) is 42.1 Å². The molecule has 0 unspecified atom stereocenters. The first-order valence-electron chi connectivity index (χ1n) is 10.9. The van der Waals surface area contributed by atoms with Gasteiger partial charge in [-0.05, 0) is 19.4 Å². The van der Waals surface area contributed by atoms with Crippen molar-refractivity contribution in [2.75, 3.05) is 31.1 Å². The molecule has 1 aromatic carbocycles. The molecule has 3 aromatic rings. The molecule has 1 fully saturated rings. The highest BCUT2D eigenvalue weighted by Gasteiger charge is 2.27. The molecule has 4 rings (SSSR count). The van der Waals surface area contributed by atoms with Crippen LogP contribution in [-0.4, -0.2) is 55.5 Å². The van der Waals surface area contributed by atoms with E-state index < -0.39 is 6.10 Å². The van der Waals surface area contributed by atoms with Gasteiger partial charge in [-0.25, -0.2) is 9.37 Å². The van der Waals surface area contributed by atoms with Crippen LogP contribution in [0.3, 0.4) is 0 Å². The molecule has 3 heterocycles. The van der Waals surface area contributed by atoms with Crippen LogP contribution in [0.25, 0.3) is 0 Å². The highest BCUT2D eigenvalue weighted by molar-refractivity contribution is 5.57. The Hall–Kier alpha value is -2.71. The molecule has 0 amide bonds. The van der Waals surface area contributed by atoms with Crippen molar-refractivity contribution in [2.24, 2.45) is 7.05 Å². The molecule has 1 aliphatic rings. The van der Waals surface area contributed by atoms with Gasteiger partial charge in [0.25, 0.3) is 0 Å². The number of benzene rings is 1. The van der Waals surface area contributed by atoms with Gasteiger partial charge in [-0.3, -0.25) is 9.58 Å². The summed E-state index contributed by atoms with van der Waals surface area (Å²) in [6.07, 6.45) is 5.48. The van der Waals surface area contributed by atoms with Crippen molar-refractivity contribution in [2.45, 2.75) is 39.5 Å². The van der Waals surface area contributed by atoms with E-state index in [1.165, 1.54) is 17.3 Å². The Morgan fingerprint density at radius 3 is 2.65 bits per heavy atom. The Morgan fingerprint density at radius 1 is 1.19 bits per heavy atom. The lowest BCUT2D eigenvalue weighted by Gasteiger charge is -2.37. The molecule has 1 saturated heterocycles. The largest absolute Gasteiger partial charge is 0.380 e. The Bertz CT molecular complexity index is 1020. The van der Waals surface area contributed by atoms with Crippen molar-refractivity contribution in [3.8, 4) is 0 Å². The number of hydrogen-bond acceptors (Lipinski definition) is 5. The number of piperazine rings is 1. The molecule has 31 heavy (non-hydrogen) atoms. The predicted octanol–water partition coefficient (Wildman–Crippen LogP) is 2.88. The van der Waals surface area contributed by atoms with Crippen LogP contribution >= 0.6 is 0 Å². The molecular formula is C23H31FN6O. The maximum absolute atomic E-state index is 14.9. The molecule has 0 radical (unpaired) electrons. The quantitative estimate of drug-likeness (QED) is 0.630. The molecule has 1 atom stereocenters. The number of para-hydroxylation sites is 1. The summed E-state index contributed by atoms with van der Waals surface area (Å²) in [6, 6.07) is 4.89. The van der Waals surface area contributed by atoms with Crippen LogP contribution in [0.5, 0.6) is 0 Å². The Kier molecular flexibility index (Phi) is 6.38. The molecule has 2 aromatic heterocycles. The zero-order chi connectivity index (χ0) is 22.0. The highest BCUT2D eigenvalue weighted by Crippen LogP contribution is 2.33. The monoisotopic (exact) mass is 426 g/mol. The first kappa shape index (κ1) is 21.5. The van der Waals surface area contributed by atoms with Crippen LogP contribution in [0, 0.1) is 12.7 Å². The molecule has 7 nitrogen and oxygen atoms in total. The van der Waals surface area contributed by atoms with Crippen molar-refractivity contribution in [1.82, 2.24) is 24.2 Å². The molecule has 0 bridgehead atoms. The van der Waals surface area contributed by atoms with E-state index in [2.05, 4.69) is 33.5 Å². The maximum atomic E-state index is 14.9. The Labute approximate surface area is 182 Å². The maximum Gasteiger partial charge on any atom is 0.146 e. The normalized spacial score (nSPS) is 16.1. The minimum absolute atomic E-state index is 0.309. The predicted molar refractivity (Wildman–Crippen MR) is 118 cm³/mol. The van der Waals surface area contributed by atoms with Gasteiger partial charge >= 0.3 is 0 Å². The van der Waals surface area contributed by atoms with Gasteiger partial charge in [0.1, 0.15) is 17.7 Å². The summed E-state index contributed by atoms with van der Waals surface area (Å²) in [6.45, 7) is 9.11. The van der Waals surface area contributed by atoms with E-state index in [9.17, 15) is 9.50 Å². The third kappa shape index (κ3) is 4.36. The van der Waals surface area contributed by atoms with E-state index in [1.807, 2.05) is 18.1 Å². The number of hydrogen-bond donors (Lipinski definition) is 1. The lowest BCUT2D eigenvalue weighted by Crippen LogP contribution is -2.46. The molecule has 1 N–H and O–H groups in total. The smallest absolute Gasteiger partial charge is 0.146 e. The average Bonchev–Trinajstić information content (AvgIpc) is 3.35. The zero-order valence-electron chi connectivity index (χ0n) is 18.5. The standard InChI is InChI=1S/C23H31FN6O/c1-4-9-30-17(2)18(15-26-30)16-28-11-13-29(14-12-28)21-19(6-5-7-20(21)24)22(31)23-25-8-10-27(23)3/h5-8,10,15,22,31H,4,9,11-14,16H2,1-3H3/t22-/m0/s1. The van der Waals surface area contributed by atoms with Gasteiger partial charge in [-0.15, -0.1) is 0 Å². The van der Waals surface area contributed by atoms with Gasteiger partial charge in [0.2, 0.25) is 0 Å². The number of aliphatic hydroxyl groups excluding tert-OH is 1. The number of rotatable bonds is 7. The van der Waals surface area contributed by atoms with Crippen molar-refractivity contribution < 1.29 is 9.50 Å². The van der Waals surface area contributed by atoms with Gasteiger partial charge in [-0.1, -0.05) is 19.1 Å². The van der Waals surface area contributed by atoms with Gasteiger partial charge in [0.15, 0.2) is 0 Å². The summed E-state index contributed by atoms with van der Waals surface area (Å²) in [5.74, 6) is 0.195. The minimum atomic E-state index is -0.976. The average molecular weight is 427 g/mol. The fourth-order valence-corrected chi connectivity index (χ4v) is 4.31. The number of aryl methyl sites for hydroxylation is 2. The molecular weight excluding hydrogens is 395 g/mol. The zero-order valence-corrected chi connectivity index (χ0v) is 18.5. The number of imidazole rings is 1. The van der Waals surface area contributed by atoms with E-state index in [0.717, 1.165) is 32.6 Å². The van der Waals surface area contributed by atoms with Gasteiger partial charge in [0, 0.05) is 75.5 Å². The topological polar surface area (TPSA) is 62.4 Å². The van der Waals surface area contributed by atoms with E-state index in [4.69, 9.17) is 0 Å². The third-order valence-corrected chi connectivity index (χ3v) is 6.14. The first-order valence-corrected chi connectivity index (χ1v) is 10.9. The van der Waals surface area contributed by atoms with Crippen LogP contribution in [0.2, 0.25) is 0 Å². The Balaban J connectivity index is 1.47. The van der Waals surface area contributed by atoms with E-state index in [1.54, 1.807) is 29.1 Å².